The number of amides is 1. The lowest BCUT2D eigenvalue weighted by atomic mass is 9.95. The molecule has 3 aromatic rings. The third-order valence-electron chi connectivity index (χ3n) is 5.63. The van der Waals surface area contributed by atoms with Crippen LogP contribution in [0.3, 0.4) is 0 Å². The van der Waals surface area contributed by atoms with Gasteiger partial charge in [0.1, 0.15) is 5.75 Å². The number of esters is 1. The summed E-state index contributed by atoms with van der Waals surface area (Å²) in [5.74, 6) is -0.0469. The van der Waals surface area contributed by atoms with Gasteiger partial charge < -0.3 is 14.8 Å². The van der Waals surface area contributed by atoms with Crippen molar-refractivity contribution >= 4 is 22.8 Å². The highest BCUT2D eigenvalue weighted by molar-refractivity contribution is 6.05. The van der Waals surface area contributed by atoms with Crippen LogP contribution in [-0.2, 0) is 9.53 Å². The van der Waals surface area contributed by atoms with Crippen molar-refractivity contribution in [1.29, 1.82) is 0 Å². The molecule has 1 heterocycles. The molecule has 0 spiro atoms. The van der Waals surface area contributed by atoms with E-state index in [1.807, 2.05) is 48.5 Å². The number of pyridine rings is 1. The van der Waals surface area contributed by atoms with Gasteiger partial charge in [-0.05, 0) is 49.2 Å². The molecule has 6 heteroatoms. The van der Waals surface area contributed by atoms with E-state index in [1.165, 1.54) is 6.42 Å². The summed E-state index contributed by atoms with van der Waals surface area (Å²) in [5.41, 5.74) is 2.59. The van der Waals surface area contributed by atoms with Gasteiger partial charge in [0.15, 0.2) is 6.61 Å². The van der Waals surface area contributed by atoms with Crippen molar-refractivity contribution in [3.8, 4) is 17.0 Å². The molecule has 160 valence electrons. The van der Waals surface area contributed by atoms with E-state index in [1.54, 1.807) is 13.2 Å². The molecule has 2 aromatic carbocycles. The molecule has 0 unspecified atom stereocenters. The highest BCUT2D eigenvalue weighted by Gasteiger charge is 2.19. The van der Waals surface area contributed by atoms with Crippen LogP contribution in [0.1, 0.15) is 42.5 Å². The van der Waals surface area contributed by atoms with Crippen LogP contribution in [0.5, 0.6) is 5.75 Å². The van der Waals surface area contributed by atoms with E-state index in [9.17, 15) is 9.59 Å². The van der Waals surface area contributed by atoms with Crippen LogP contribution in [0, 0.1) is 0 Å². The van der Waals surface area contributed by atoms with Crippen molar-refractivity contribution in [1.82, 2.24) is 10.3 Å². The third-order valence-corrected chi connectivity index (χ3v) is 5.63. The summed E-state index contributed by atoms with van der Waals surface area (Å²) in [7, 11) is 1.61. The molecule has 6 nitrogen and oxygen atoms in total. The molecule has 0 radical (unpaired) electrons. The Balaban J connectivity index is 1.53. The fourth-order valence-electron chi connectivity index (χ4n) is 3.98. The fourth-order valence-corrected chi connectivity index (χ4v) is 3.98. The van der Waals surface area contributed by atoms with E-state index >= 15 is 0 Å². The molecule has 4 rings (SSSR count). The lowest BCUT2D eigenvalue weighted by Crippen LogP contribution is -2.38. The summed E-state index contributed by atoms with van der Waals surface area (Å²) in [6.07, 6.45) is 5.44. The number of hydrogen-bond donors (Lipinski definition) is 1. The third kappa shape index (κ3) is 5.02. The van der Waals surface area contributed by atoms with Crippen molar-refractivity contribution in [3.05, 3.63) is 60.2 Å². The Bertz CT molecular complexity index is 1070. The topological polar surface area (TPSA) is 77.5 Å². The Hall–Kier alpha value is -3.41. The molecule has 1 aromatic heterocycles. The summed E-state index contributed by atoms with van der Waals surface area (Å²) in [6, 6.07) is 16.8. The van der Waals surface area contributed by atoms with Gasteiger partial charge in [0.25, 0.3) is 5.91 Å². The van der Waals surface area contributed by atoms with Gasteiger partial charge in [0, 0.05) is 17.0 Å². The fraction of sp³-hybridized carbons (Fsp3) is 0.320. The van der Waals surface area contributed by atoms with Gasteiger partial charge in [-0.1, -0.05) is 37.5 Å². The minimum atomic E-state index is -0.535. The van der Waals surface area contributed by atoms with E-state index in [0.29, 0.717) is 22.2 Å². The molecule has 1 N–H and O–H groups in total. The van der Waals surface area contributed by atoms with Gasteiger partial charge in [0.05, 0.1) is 23.9 Å². The minimum absolute atomic E-state index is 0.184. The first-order chi connectivity index (χ1) is 15.1. The second-order valence-corrected chi connectivity index (χ2v) is 7.78. The molecule has 1 amide bonds. The van der Waals surface area contributed by atoms with Gasteiger partial charge in [0.2, 0.25) is 0 Å². The summed E-state index contributed by atoms with van der Waals surface area (Å²) in [4.78, 5) is 29.8. The average molecular weight is 418 g/mol. The van der Waals surface area contributed by atoms with Crippen molar-refractivity contribution < 1.29 is 19.1 Å². The van der Waals surface area contributed by atoms with Crippen LogP contribution in [0.4, 0.5) is 0 Å². The average Bonchev–Trinajstić information content (AvgIpc) is 2.82. The molecular formula is C25H26N2O4. The molecule has 0 saturated heterocycles. The smallest absolute Gasteiger partial charge is 0.339 e. The molecule has 0 bridgehead atoms. The van der Waals surface area contributed by atoms with Gasteiger partial charge in [-0.25, -0.2) is 9.78 Å². The number of ether oxygens (including phenoxy) is 2. The maximum atomic E-state index is 12.9. The highest BCUT2D eigenvalue weighted by Crippen LogP contribution is 2.27. The minimum Gasteiger partial charge on any atom is -0.497 e. The van der Waals surface area contributed by atoms with Crippen molar-refractivity contribution in [2.75, 3.05) is 13.7 Å². The Labute approximate surface area is 181 Å². The largest absolute Gasteiger partial charge is 0.497 e. The predicted octanol–water partition coefficient (Wildman–Crippen LogP) is 4.52. The first-order valence-corrected chi connectivity index (χ1v) is 10.6. The van der Waals surface area contributed by atoms with Crippen molar-refractivity contribution in [3.63, 3.8) is 0 Å². The number of aromatic nitrogens is 1. The van der Waals surface area contributed by atoms with E-state index in [0.717, 1.165) is 37.0 Å². The molecule has 0 aliphatic heterocycles. The van der Waals surface area contributed by atoms with E-state index < -0.39 is 5.97 Å². The summed E-state index contributed by atoms with van der Waals surface area (Å²) >= 11 is 0. The number of rotatable bonds is 6. The van der Waals surface area contributed by atoms with Crippen molar-refractivity contribution in [2.24, 2.45) is 0 Å². The number of nitrogens with one attached hydrogen (secondary N) is 1. The number of carbonyl (C=O) groups is 2. The maximum Gasteiger partial charge on any atom is 0.339 e. The number of fused-ring (bicyclic) bond motifs is 1. The van der Waals surface area contributed by atoms with Crippen molar-refractivity contribution in [2.45, 2.75) is 38.1 Å². The maximum absolute atomic E-state index is 12.9. The zero-order valence-electron chi connectivity index (χ0n) is 17.6. The molecular weight excluding hydrogens is 392 g/mol. The van der Waals surface area contributed by atoms with Crippen LogP contribution in [0.25, 0.3) is 22.2 Å². The SMILES string of the molecule is COc1ccc(-c2cc(C(=O)OCC(=O)NC3CCCCC3)c3ccccc3n2)cc1. The van der Waals surface area contributed by atoms with E-state index in [2.05, 4.69) is 10.3 Å². The highest BCUT2D eigenvalue weighted by atomic mass is 16.5. The van der Waals surface area contributed by atoms with Gasteiger partial charge in [-0.15, -0.1) is 0 Å². The summed E-state index contributed by atoms with van der Waals surface area (Å²) in [5, 5.41) is 3.66. The van der Waals surface area contributed by atoms with Crippen LogP contribution < -0.4 is 10.1 Å². The van der Waals surface area contributed by atoms with Crippen LogP contribution in [0.15, 0.2) is 54.6 Å². The standard InChI is InChI=1S/C25H26N2O4/c1-30-19-13-11-17(12-14-19)23-15-21(20-9-5-6-10-22(20)27-23)25(29)31-16-24(28)26-18-7-3-2-4-8-18/h5-6,9-15,18H,2-4,7-8,16H2,1H3,(H,26,28). The molecule has 31 heavy (non-hydrogen) atoms. The zero-order chi connectivity index (χ0) is 21.6. The van der Waals surface area contributed by atoms with Gasteiger partial charge >= 0.3 is 5.97 Å². The monoisotopic (exact) mass is 418 g/mol. The Morgan fingerprint density at radius 1 is 1.03 bits per heavy atom. The van der Waals surface area contributed by atoms with Gasteiger partial charge in [-0.3, -0.25) is 4.79 Å². The Kier molecular flexibility index (Phi) is 6.46. The van der Waals surface area contributed by atoms with Crippen LogP contribution in [-0.4, -0.2) is 36.6 Å². The Morgan fingerprint density at radius 2 is 1.77 bits per heavy atom. The number of methoxy groups -OCH3 is 1. The summed E-state index contributed by atoms with van der Waals surface area (Å²) in [6.45, 7) is -0.288. The lowest BCUT2D eigenvalue weighted by Gasteiger charge is -2.22. The molecule has 1 fully saturated rings. The number of para-hydroxylation sites is 1. The van der Waals surface area contributed by atoms with E-state index in [4.69, 9.17) is 9.47 Å². The normalized spacial score (nSPS) is 14.2. The molecule has 1 aliphatic carbocycles. The second-order valence-electron chi connectivity index (χ2n) is 7.78. The first-order valence-electron chi connectivity index (χ1n) is 10.6. The van der Waals surface area contributed by atoms with Gasteiger partial charge in [-0.2, -0.15) is 0 Å². The zero-order valence-corrected chi connectivity index (χ0v) is 17.6. The molecule has 1 aliphatic rings. The van der Waals surface area contributed by atoms with Crippen LogP contribution >= 0.6 is 0 Å². The first kappa shape index (κ1) is 20.8. The number of carbonyl (C=O) groups excluding carboxylic acids is 2. The number of hydrogen-bond acceptors (Lipinski definition) is 5. The number of nitrogens with zero attached hydrogens (tertiary/aromatic N) is 1. The number of benzene rings is 2. The van der Waals surface area contributed by atoms with E-state index in [-0.39, 0.29) is 18.6 Å². The molecule has 0 atom stereocenters. The second kappa shape index (κ2) is 9.60. The van der Waals surface area contributed by atoms with Crippen LogP contribution in [0.2, 0.25) is 0 Å². The lowest BCUT2D eigenvalue weighted by molar-refractivity contribution is -0.125. The Morgan fingerprint density at radius 3 is 2.52 bits per heavy atom. The summed E-state index contributed by atoms with van der Waals surface area (Å²) < 4.78 is 10.6. The molecule has 1 saturated carbocycles. The quantitative estimate of drug-likeness (QED) is 0.596. The predicted molar refractivity (Wildman–Crippen MR) is 119 cm³/mol.